The quantitative estimate of drug-likeness (QED) is 0.623. The third-order valence-corrected chi connectivity index (χ3v) is 4.28. The number of phenolic OH excluding ortho intramolecular Hbond substituents is 2. The van der Waals surface area contributed by atoms with E-state index in [2.05, 4.69) is 10.2 Å². The highest BCUT2D eigenvalue weighted by molar-refractivity contribution is 8.01. The Morgan fingerprint density at radius 1 is 1.38 bits per heavy atom. The monoisotopic (exact) mass is 326 g/mol. The first-order valence-corrected chi connectivity index (χ1v) is 7.94. The molecule has 2 rings (SSSR count). The van der Waals surface area contributed by atoms with E-state index in [1.165, 1.54) is 35.2 Å². The van der Waals surface area contributed by atoms with Gasteiger partial charge in [0, 0.05) is 6.07 Å². The molecule has 21 heavy (non-hydrogen) atoms. The van der Waals surface area contributed by atoms with Gasteiger partial charge in [0.25, 0.3) is 5.19 Å². The summed E-state index contributed by atoms with van der Waals surface area (Å²) in [6, 6.07) is 3.88. The molecule has 0 unspecified atom stereocenters. The van der Waals surface area contributed by atoms with E-state index in [0.29, 0.717) is 9.53 Å². The average Bonchev–Trinajstić information content (AvgIpc) is 2.82. The minimum atomic E-state index is -0.251. The number of benzene rings is 1. The van der Waals surface area contributed by atoms with Crippen LogP contribution in [-0.2, 0) is 0 Å². The smallest absolute Gasteiger partial charge is 0.295 e. The van der Waals surface area contributed by atoms with Crippen molar-refractivity contribution in [2.24, 2.45) is 0 Å². The molecule has 8 heteroatoms. The number of rotatable bonds is 6. The number of aromatic nitrogens is 2. The van der Waals surface area contributed by atoms with Gasteiger partial charge in [0.15, 0.2) is 10.1 Å². The lowest BCUT2D eigenvalue weighted by atomic mass is 10.1. The highest BCUT2D eigenvalue weighted by Gasteiger charge is 2.14. The lowest BCUT2D eigenvalue weighted by molar-refractivity contribution is 0.102. The predicted octanol–water partition coefficient (Wildman–Crippen LogP) is 2.71. The summed E-state index contributed by atoms with van der Waals surface area (Å²) in [5.41, 5.74) is 0.170. The van der Waals surface area contributed by atoms with E-state index in [0.717, 1.165) is 6.07 Å². The molecule has 1 aromatic carbocycles. The average molecular weight is 326 g/mol. The topological polar surface area (TPSA) is 92.5 Å². The maximum atomic E-state index is 12.0. The fourth-order valence-corrected chi connectivity index (χ4v) is 3.15. The molecule has 0 fully saturated rings. The number of carbonyl (C=O) groups is 1. The minimum Gasteiger partial charge on any atom is -0.508 e. The van der Waals surface area contributed by atoms with Crippen LogP contribution in [-0.4, -0.2) is 38.1 Å². The van der Waals surface area contributed by atoms with Crippen molar-refractivity contribution in [2.75, 3.05) is 5.75 Å². The van der Waals surface area contributed by atoms with Crippen LogP contribution in [0.4, 0.5) is 0 Å². The van der Waals surface area contributed by atoms with E-state index in [-0.39, 0.29) is 34.7 Å². The molecule has 0 aliphatic heterocycles. The van der Waals surface area contributed by atoms with Crippen LogP contribution in [0.15, 0.2) is 22.5 Å². The lowest BCUT2D eigenvalue weighted by Gasteiger charge is -2.03. The Morgan fingerprint density at radius 2 is 2.14 bits per heavy atom. The highest BCUT2D eigenvalue weighted by Crippen LogP contribution is 2.29. The standard InChI is InChI=1S/C13H14N2O4S2/c1-7(2)19-12-14-15-13(21-12)20-6-11(18)9-4-3-8(16)5-10(9)17/h3-5,7,16-17H,6H2,1-2H3. The van der Waals surface area contributed by atoms with E-state index >= 15 is 0 Å². The van der Waals surface area contributed by atoms with Crippen molar-refractivity contribution >= 4 is 28.9 Å². The Morgan fingerprint density at radius 3 is 2.81 bits per heavy atom. The first kappa shape index (κ1) is 15.6. The fourth-order valence-electron chi connectivity index (χ4n) is 1.47. The molecule has 2 N–H and O–H groups in total. The van der Waals surface area contributed by atoms with Crippen LogP contribution in [0.1, 0.15) is 24.2 Å². The lowest BCUT2D eigenvalue weighted by Crippen LogP contribution is -2.04. The first-order chi connectivity index (χ1) is 9.95. The second kappa shape index (κ2) is 6.77. The zero-order valence-electron chi connectivity index (χ0n) is 11.4. The van der Waals surface area contributed by atoms with Gasteiger partial charge in [-0.25, -0.2) is 0 Å². The van der Waals surface area contributed by atoms with Crippen LogP contribution in [0.25, 0.3) is 0 Å². The van der Waals surface area contributed by atoms with E-state index in [4.69, 9.17) is 4.74 Å². The molecule has 0 radical (unpaired) electrons. The molecular formula is C13H14N2O4S2. The van der Waals surface area contributed by atoms with Gasteiger partial charge in [-0.3, -0.25) is 4.79 Å². The summed E-state index contributed by atoms with van der Waals surface area (Å²) in [5, 5.41) is 27.1. The van der Waals surface area contributed by atoms with Gasteiger partial charge in [0.1, 0.15) is 11.5 Å². The first-order valence-electron chi connectivity index (χ1n) is 6.14. The molecule has 1 heterocycles. The van der Waals surface area contributed by atoms with Crippen LogP contribution in [0, 0.1) is 0 Å². The number of aromatic hydroxyl groups is 2. The zero-order valence-corrected chi connectivity index (χ0v) is 13.1. The van der Waals surface area contributed by atoms with Gasteiger partial charge >= 0.3 is 0 Å². The number of thioether (sulfide) groups is 1. The van der Waals surface area contributed by atoms with Crippen LogP contribution in [0.3, 0.4) is 0 Å². The molecule has 0 amide bonds. The summed E-state index contributed by atoms with van der Waals surface area (Å²) in [5.74, 6) is -0.453. The van der Waals surface area contributed by atoms with E-state index in [1.54, 1.807) is 0 Å². The van der Waals surface area contributed by atoms with Crippen LogP contribution in [0.2, 0.25) is 0 Å². The van der Waals surface area contributed by atoms with Crippen molar-refractivity contribution in [3.8, 4) is 16.7 Å². The Kier molecular flexibility index (Phi) is 5.03. The highest BCUT2D eigenvalue weighted by atomic mass is 32.2. The Balaban J connectivity index is 1.96. The van der Waals surface area contributed by atoms with Crippen molar-refractivity contribution in [2.45, 2.75) is 24.3 Å². The number of Topliss-reactive ketones (excluding diaryl/α,β-unsaturated/α-hetero) is 1. The summed E-state index contributed by atoms with van der Waals surface area (Å²) in [7, 11) is 0. The number of hydrogen-bond donors (Lipinski definition) is 2. The van der Waals surface area contributed by atoms with Crippen molar-refractivity contribution in [1.29, 1.82) is 0 Å². The van der Waals surface area contributed by atoms with Crippen molar-refractivity contribution in [1.82, 2.24) is 10.2 Å². The van der Waals surface area contributed by atoms with Gasteiger partial charge in [-0.05, 0) is 37.3 Å². The summed E-state index contributed by atoms with van der Waals surface area (Å²) in [6.45, 7) is 3.79. The second-order valence-corrected chi connectivity index (χ2v) is 6.58. The molecule has 2 aromatic rings. The largest absolute Gasteiger partial charge is 0.508 e. The molecule has 0 aliphatic rings. The Hall–Kier alpha value is -1.80. The predicted molar refractivity (Wildman–Crippen MR) is 80.5 cm³/mol. The van der Waals surface area contributed by atoms with Crippen molar-refractivity contribution < 1.29 is 19.7 Å². The maximum absolute atomic E-state index is 12.0. The fraction of sp³-hybridized carbons (Fsp3) is 0.308. The van der Waals surface area contributed by atoms with Gasteiger partial charge in [-0.2, -0.15) is 0 Å². The SMILES string of the molecule is CC(C)Oc1nnc(SCC(=O)c2ccc(O)cc2O)s1. The number of ether oxygens (including phenoxy) is 1. The normalized spacial score (nSPS) is 10.8. The molecule has 0 bridgehead atoms. The summed E-state index contributed by atoms with van der Waals surface area (Å²) >= 11 is 2.49. The molecule has 0 spiro atoms. The second-order valence-electron chi connectivity index (χ2n) is 4.41. The molecule has 0 aliphatic carbocycles. The number of ketones is 1. The van der Waals surface area contributed by atoms with E-state index in [9.17, 15) is 15.0 Å². The Labute approximate surface area is 129 Å². The molecular weight excluding hydrogens is 312 g/mol. The minimum absolute atomic E-state index is 0.0198. The number of phenols is 2. The van der Waals surface area contributed by atoms with Crippen molar-refractivity contribution in [3.63, 3.8) is 0 Å². The third-order valence-electron chi connectivity index (χ3n) is 2.33. The number of nitrogens with zero attached hydrogens (tertiary/aromatic N) is 2. The van der Waals surface area contributed by atoms with Gasteiger partial charge in [0.05, 0.1) is 17.4 Å². The summed E-state index contributed by atoms with van der Waals surface area (Å²) < 4.78 is 6.02. The maximum Gasteiger partial charge on any atom is 0.295 e. The third kappa shape index (κ3) is 4.33. The number of hydrogen-bond acceptors (Lipinski definition) is 8. The molecule has 1 aromatic heterocycles. The van der Waals surface area contributed by atoms with Crippen LogP contribution < -0.4 is 4.74 Å². The molecule has 0 saturated carbocycles. The Bertz CT molecular complexity index is 643. The van der Waals surface area contributed by atoms with Crippen molar-refractivity contribution in [3.05, 3.63) is 23.8 Å². The number of carbonyl (C=O) groups excluding carboxylic acids is 1. The van der Waals surface area contributed by atoms with Gasteiger partial charge in [-0.15, -0.1) is 5.10 Å². The van der Waals surface area contributed by atoms with E-state index < -0.39 is 0 Å². The molecule has 0 saturated heterocycles. The van der Waals surface area contributed by atoms with E-state index in [1.807, 2.05) is 13.8 Å². The van der Waals surface area contributed by atoms with Gasteiger partial charge in [0.2, 0.25) is 0 Å². The summed E-state index contributed by atoms with van der Waals surface area (Å²) in [4.78, 5) is 12.0. The zero-order chi connectivity index (χ0) is 15.4. The van der Waals surface area contributed by atoms with Crippen LogP contribution >= 0.6 is 23.1 Å². The molecule has 0 atom stereocenters. The summed E-state index contributed by atoms with van der Waals surface area (Å²) in [6.07, 6.45) is 0.0198. The van der Waals surface area contributed by atoms with Crippen LogP contribution in [0.5, 0.6) is 16.7 Å². The van der Waals surface area contributed by atoms with Gasteiger partial charge < -0.3 is 14.9 Å². The van der Waals surface area contributed by atoms with Gasteiger partial charge in [-0.1, -0.05) is 16.9 Å². The molecule has 112 valence electrons. The molecule has 6 nitrogen and oxygen atoms in total.